The van der Waals surface area contributed by atoms with Gasteiger partial charge >= 0.3 is 0 Å². The molecule has 4 heteroatoms. The fraction of sp³-hybridized carbons (Fsp3) is 0.400. The van der Waals surface area contributed by atoms with E-state index in [0.717, 1.165) is 11.1 Å². The van der Waals surface area contributed by atoms with Gasteiger partial charge in [-0.05, 0) is 62.1 Å². The fourth-order valence-corrected chi connectivity index (χ4v) is 6.63. The van der Waals surface area contributed by atoms with Crippen LogP contribution in [0.25, 0.3) is 0 Å². The van der Waals surface area contributed by atoms with Crippen LogP contribution >= 0.6 is 7.14 Å². The Morgan fingerprint density at radius 2 is 1.08 bits per heavy atom. The van der Waals surface area contributed by atoms with Crippen molar-refractivity contribution in [3.8, 4) is 11.5 Å². The summed E-state index contributed by atoms with van der Waals surface area (Å²) in [6, 6.07) is 7.30. The highest BCUT2D eigenvalue weighted by atomic mass is 31.2. The second-order valence-electron chi connectivity index (χ2n) is 7.68. The number of rotatable bonds is 2. The Hall–Kier alpha value is -1.73. The number of hydrogen-bond acceptors (Lipinski definition) is 3. The Morgan fingerprint density at radius 1 is 0.750 bits per heavy atom. The molecular weight excluding hydrogens is 319 g/mol. The Morgan fingerprint density at radius 3 is 1.38 bits per heavy atom. The standard InChI is InChI=1S/C20H27O3P/c1-12-8-14(3)18(21)16(10-12)24(23,20(5,6)7)17-11-13(2)9-15(4)19(17)22/h8-11,21-22H,1-7H3. The van der Waals surface area contributed by atoms with E-state index in [-0.39, 0.29) is 11.5 Å². The van der Waals surface area contributed by atoms with Gasteiger partial charge in [0, 0.05) is 5.16 Å². The fourth-order valence-electron chi connectivity index (χ4n) is 3.21. The lowest BCUT2D eigenvalue weighted by molar-refractivity contribution is 0.471. The molecule has 0 bridgehead atoms. The topological polar surface area (TPSA) is 57.5 Å². The zero-order valence-electron chi connectivity index (χ0n) is 15.6. The molecule has 3 nitrogen and oxygen atoms in total. The second kappa shape index (κ2) is 5.97. The van der Waals surface area contributed by atoms with Crippen LogP contribution in [0.2, 0.25) is 0 Å². The third-order valence-electron chi connectivity index (χ3n) is 4.47. The van der Waals surface area contributed by atoms with E-state index in [9.17, 15) is 14.8 Å². The van der Waals surface area contributed by atoms with Crippen LogP contribution in [0.5, 0.6) is 11.5 Å². The summed E-state index contributed by atoms with van der Waals surface area (Å²) in [5.74, 6) is 0.106. The van der Waals surface area contributed by atoms with Gasteiger partial charge in [0.15, 0.2) is 7.14 Å². The molecule has 2 aromatic carbocycles. The van der Waals surface area contributed by atoms with Crippen molar-refractivity contribution < 1.29 is 14.8 Å². The molecule has 2 aromatic rings. The third kappa shape index (κ3) is 2.86. The molecule has 0 saturated heterocycles. The van der Waals surface area contributed by atoms with Crippen molar-refractivity contribution in [1.82, 2.24) is 0 Å². The molecule has 0 aliphatic carbocycles. The van der Waals surface area contributed by atoms with Gasteiger partial charge in [-0.15, -0.1) is 0 Å². The van der Waals surface area contributed by atoms with Gasteiger partial charge < -0.3 is 14.8 Å². The molecule has 0 aromatic heterocycles. The predicted octanol–water partition coefficient (Wildman–Crippen LogP) is 4.44. The molecule has 0 saturated carbocycles. The van der Waals surface area contributed by atoms with Gasteiger partial charge in [0.05, 0.1) is 10.6 Å². The van der Waals surface area contributed by atoms with E-state index in [0.29, 0.717) is 21.7 Å². The Balaban J connectivity index is 2.98. The molecule has 130 valence electrons. The highest BCUT2D eigenvalue weighted by Gasteiger charge is 2.44. The van der Waals surface area contributed by atoms with Crippen LogP contribution in [-0.4, -0.2) is 15.4 Å². The Labute approximate surface area is 144 Å². The number of hydrogen-bond donors (Lipinski definition) is 2. The summed E-state index contributed by atoms with van der Waals surface area (Å²) in [6.07, 6.45) is 0. The quantitative estimate of drug-likeness (QED) is 0.790. The Kier molecular flexibility index (Phi) is 4.63. The summed E-state index contributed by atoms with van der Waals surface area (Å²) in [4.78, 5) is 0. The summed E-state index contributed by atoms with van der Waals surface area (Å²) < 4.78 is 14.4. The summed E-state index contributed by atoms with van der Waals surface area (Å²) in [5, 5.41) is 21.5. The number of aromatic hydroxyl groups is 2. The first-order chi connectivity index (χ1) is 10.9. The number of aryl methyl sites for hydroxylation is 4. The van der Waals surface area contributed by atoms with E-state index in [2.05, 4.69) is 0 Å². The van der Waals surface area contributed by atoms with Gasteiger partial charge in [-0.2, -0.15) is 0 Å². The molecule has 0 heterocycles. The summed E-state index contributed by atoms with van der Waals surface area (Å²) in [6.45, 7) is 13.1. The highest BCUT2D eigenvalue weighted by molar-refractivity contribution is 7.80. The number of phenols is 2. The van der Waals surface area contributed by atoms with Crippen molar-refractivity contribution in [2.24, 2.45) is 0 Å². The predicted molar refractivity (Wildman–Crippen MR) is 102 cm³/mol. The molecule has 24 heavy (non-hydrogen) atoms. The molecule has 2 N–H and O–H groups in total. The number of phenolic OH excluding ortho intramolecular Hbond substituents is 2. The van der Waals surface area contributed by atoms with Crippen LogP contribution in [0.15, 0.2) is 24.3 Å². The molecule has 0 aliphatic heterocycles. The SMILES string of the molecule is Cc1cc(C)c(O)c(P(=O)(c2cc(C)cc(C)c2O)C(C)(C)C)c1. The number of benzene rings is 2. The monoisotopic (exact) mass is 346 g/mol. The molecular formula is C20H27O3P. The van der Waals surface area contributed by atoms with Crippen molar-refractivity contribution in [1.29, 1.82) is 0 Å². The molecule has 0 aliphatic rings. The van der Waals surface area contributed by atoms with Crippen LogP contribution in [0.4, 0.5) is 0 Å². The lowest BCUT2D eigenvalue weighted by Gasteiger charge is -2.34. The maximum Gasteiger partial charge on any atom is 0.155 e. The van der Waals surface area contributed by atoms with E-state index in [1.807, 2.05) is 46.8 Å². The van der Waals surface area contributed by atoms with E-state index < -0.39 is 12.3 Å². The third-order valence-corrected chi connectivity index (χ3v) is 8.40. The molecule has 0 unspecified atom stereocenters. The minimum Gasteiger partial charge on any atom is -0.507 e. The van der Waals surface area contributed by atoms with Crippen molar-refractivity contribution in [2.75, 3.05) is 0 Å². The van der Waals surface area contributed by atoms with E-state index in [1.165, 1.54) is 0 Å². The Bertz CT molecular complexity index is 783. The molecule has 0 fully saturated rings. The van der Waals surface area contributed by atoms with Gasteiger partial charge in [0.2, 0.25) is 0 Å². The smallest absolute Gasteiger partial charge is 0.155 e. The van der Waals surface area contributed by atoms with Crippen molar-refractivity contribution >= 4 is 17.8 Å². The minimum atomic E-state index is -3.29. The minimum absolute atomic E-state index is 0.0532. The van der Waals surface area contributed by atoms with Gasteiger partial charge in [-0.25, -0.2) is 0 Å². The zero-order chi connectivity index (χ0) is 18.4. The van der Waals surface area contributed by atoms with Crippen LogP contribution < -0.4 is 10.6 Å². The van der Waals surface area contributed by atoms with Crippen LogP contribution in [0.1, 0.15) is 43.0 Å². The van der Waals surface area contributed by atoms with Crippen molar-refractivity contribution in [3.05, 3.63) is 46.5 Å². The molecule has 0 amide bonds. The van der Waals surface area contributed by atoms with Crippen LogP contribution in [-0.2, 0) is 4.57 Å². The average molecular weight is 346 g/mol. The molecule has 2 rings (SSSR count). The summed E-state index contributed by atoms with van der Waals surface area (Å²) >= 11 is 0. The summed E-state index contributed by atoms with van der Waals surface area (Å²) in [5.41, 5.74) is 3.26. The van der Waals surface area contributed by atoms with Crippen molar-refractivity contribution in [3.63, 3.8) is 0 Å². The van der Waals surface area contributed by atoms with E-state index in [1.54, 1.807) is 26.0 Å². The zero-order valence-corrected chi connectivity index (χ0v) is 16.5. The van der Waals surface area contributed by atoms with Crippen LogP contribution in [0, 0.1) is 27.7 Å². The lowest BCUT2D eigenvalue weighted by Crippen LogP contribution is -2.31. The molecule has 0 spiro atoms. The van der Waals surface area contributed by atoms with Gasteiger partial charge in [0.25, 0.3) is 0 Å². The van der Waals surface area contributed by atoms with Gasteiger partial charge in [-0.1, -0.05) is 32.9 Å². The summed E-state index contributed by atoms with van der Waals surface area (Å²) in [7, 11) is -3.29. The average Bonchev–Trinajstić information content (AvgIpc) is 2.44. The van der Waals surface area contributed by atoms with E-state index >= 15 is 0 Å². The second-order valence-corrected chi connectivity index (χ2v) is 11.2. The largest absolute Gasteiger partial charge is 0.507 e. The van der Waals surface area contributed by atoms with Gasteiger partial charge in [-0.3, -0.25) is 0 Å². The maximum atomic E-state index is 14.4. The molecule has 0 radical (unpaired) electrons. The molecule has 0 atom stereocenters. The first-order valence-corrected chi connectivity index (χ1v) is 9.82. The van der Waals surface area contributed by atoms with Crippen LogP contribution in [0.3, 0.4) is 0 Å². The van der Waals surface area contributed by atoms with E-state index in [4.69, 9.17) is 0 Å². The maximum absolute atomic E-state index is 14.4. The van der Waals surface area contributed by atoms with Gasteiger partial charge in [0.1, 0.15) is 11.5 Å². The first kappa shape index (κ1) is 18.6. The normalized spacial score (nSPS) is 12.5. The lowest BCUT2D eigenvalue weighted by atomic mass is 10.1. The van der Waals surface area contributed by atoms with Crippen molar-refractivity contribution in [2.45, 2.75) is 53.6 Å². The highest BCUT2D eigenvalue weighted by Crippen LogP contribution is 2.59. The first-order valence-electron chi connectivity index (χ1n) is 8.11.